The summed E-state index contributed by atoms with van der Waals surface area (Å²) >= 11 is 0. The smallest absolute Gasteiger partial charge is 0.242 e. The topological polar surface area (TPSA) is 73.1 Å². The number of ether oxygens (including phenoxy) is 1. The van der Waals surface area contributed by atoms with Crippen molar-refractivity contribution in [2.45, 2.75) is 52.9 Å². The van der Waals surface area contributed by atoms with Crippen LogP contribution in [0.2, 0.25) is 0 Å². The van der Waals surface area contributed by atoms with Crippen molar-refractivity contribution in [3.05, 3.63) is 5.82 Å². The Kier molecular flexibility index (Phi) is 5.26. The molecule has 1 heterocycles. The molecule has 1 saturated carbocycles. The van der Waals surface area contributed by atoms with E-state index in [1.54, 1.807) is 0 Å². The van der Waals surface area contributed by atoms with E-state index in [-0.39, 0.29) is 0 Å². The maximum absolute atomic E-state index is 6.16. The molecule has 0 saturated heterocycles. The Bertz CT molecular complexity index is 470. The van der Waals surface area contributed by atoms with E-state index in [1.807, 2.05) is 0 Å². The van der Waals surface area contributed by atoms with Crippen molar-refractivity contribution in [3.63, 3.8) is 0 Å². The van der Waals surface area contributed by atoms with E-state index in [2.05, 4.69) is 43.0 Å². The van der Waals surface area contributed by atoms with Crippen molar-refractivity contribution < 1.29 is 4.74 Å². The van der Waals surface area contributed by atoms with Gasteiger partial charge in [0.1, 0.15) is 11.5 Å². The highest BCUT2D eigenvalue weighted by molar-refractivity contribution is 5.67. The van der Waals surface area contributed by atoms with Crippen LogP contribution in [0.4, 0.5) is 11.5 Å². The van der Waals surface area contributed by atoms with Crippen LogP contribution >= 0.6 is 0 Å². The van der Waals surface area contributed by atoms with Gasteiger partial charge in [0.15, 0.2) is 5.82 Å². The number of anilines is 2. The van der Waals surface area contributed by atoms with Crippen molar-refractivity contribution in [1.29, 1.82) is 0 Å². The zero-order valence-electron chi connectivity index (χ0n) is 13.6. The average Bonchev–Trinajstić information content (AvgIpc) is 3.23. The number of nitrogens with zero attached hydrogens (tertiary/aromatic N) is 2. The monoisotopic (exact) mass is 292 g/mol. The molecule has 3 N–H and O–H groups in total. The van der Waals surface area contributed by atoms with E-state index in [9.17, 15) is 0 Å². The van der Waals surface area contributed by atoms with Gasteiger partial charge in [-0.2, -0.15) is 4.98 Å². The number of nitrogen functional groups attached to an aromatic ring is 1. The van der Waals surface area contributed by atoms with Crippen molar-refractivity contribution >= 4 is 11.5 Å². The van der Waals surface area contributed by atoms with Crippen LogP contribution < -0.4 is 15.8 Å². The zero-order chi connectivity index (χ0) is 15.4. The molecule has 1 aliphatic rings. The number of nitrogens with two attached hydrogens (primary N) is 1. The van der Waals surface area contributed by atoms with Gasteiger partial charge in [-0.3, -0.25) is 0 Å². The molecule has 21 heavy (non-hydrogen) atoms. The van der Waals surface area contributed by atoms with Gasteiger partial charge in [-0.15, -0.1) is 0 Å². The lowest BCUT2D eigenvalue weighted by molar-refractivity contribution is 0.262. The highest BCUT2D eigenvalue weighted by Gasteiger charge is 2.28. The van der Waals surface area contributed by atoms with Crippen LogP contribution in [0.5, 0.6) is 5.88 Å². The number of aromatic nitrogens is 2. The fourth-order valence-electron chi connectivity index (χ4n) is 1.96. The first kappa shape index (κ1) is 15.9. The Morgan fingerprint density at radius 1 is 1.19 bits per heavy atom. The quantitative estimate of drug-likeness (QED) is 0.768. The number of hydrogen-bond acceptors (Lipinski definition) is 5. The third kappa shape index (κ3) is 4.76. The van der Waals surface area contributed by atoms with Crippen LogP contribution in [-0.2, 0) is 0 Å². The van der Waals surface area contributed by atoms with Crippen LogP contribution in [0.25, 0.3) is 0 Å². The van der Waals surface area contributed by atoms with Gasteiger partial charge in [-0.05, 0) is 31.1 Å². The zero-order valence-corrected chi connectivity index (χ0v) is 13.6. The van der Waals surface area contributed by atoms with Gasteiger partial charge < -0.3 is 15.8 Å². The van der Waals surface area contributed by atoms with Crippen LogP contribution in [0.1, 0.15) is 58.7 Å². The van der Waals surface area contributed by atoms with E-state index in [1.165, 1.54) is 12.8 Å². The van der Waals surface area contributed by atoms with E-state index < -0.39 is 0 Å². The summed E-state index contributed by atoms with van der Waals surface area (Å²) in [4.78, 5) is 9.10. The molecular weight excluding hydrogens is 264 g/mol. The van der Waals surface area contributed by atoms with E-state index in [4.69, 9.17) is 10.5 Å². The molecule has 0 amide bonds. The maximum Gasteiger partial charge on any atom is 0.242 e. The van der Waals surface area contributed by atoms with Gasteiger partial charge in [0.25, 0.3) is 0 Å². The van der Waals surface area contributed by atoms with Crippen LogP contribution in [0.3, 0.4) is 0 Å². The largest absolute Gasteiger partial charge is 0.476 e. The lowest BCUT2D eigenvalue weighted by Crippen LogP contribution is -2.14. The maximum atomic E-state index is 6.16. The Morgan fingerprint density at radius 2 is 1.90 bits per heavy atom. The van der Waals surface area contributed by atoms with Crippen LogP contribution in [0.15, 0.2) is 0 Å². The summed E-state index contributed by atoms with van der Waals surface area (Å²) in [5.74, 6) is 3.72. The predicted octanol–water partition coefficient (Wildman–Crippen LogP) is 3.43. The molecular formula is C16H28N4O. The molecule has 0 atom stereocenters. The first-order valence-electron chi connectivity index (χ1n) is 8.01. The first-order valence-corrected chi connectivity index (χ1v) is 8.01. The van der Waals surface area contributed by atoms with E-state index in [0.717, 1.165) is 24.6 Å². The third-order valence-corrected chi connectivity index (χ3v) is 3.44. The predicted molar refractivity (Wildman–Crippen MR) is 86.7 cm³/mol. The van der Waals surface area contributed by atoms with Gasteiger partial charge in [-0.25, -0.2) is 4.98 Å². The average molecular weight is 292 g/mol. The minimum Gasteiger partial charge on any atom is -0.476 e. The molecule has 0 aromatic carbocycles. The Balaban J connectivity index is 2.12. The molecule has 0 bridgehead atoms. The molecule has 1 aliphatic carbocycles. The lowest BCUT2D eigenvalue weighted by atomic mass is 10.1. The molecule has 1 aromatic heterocycles. The SMILES string of the molecule is CC(C)CCNc1nc(C2CC2)nc(OCC(C)C)c1N. The minimum atomic E-state index is 0.445. The van der Waals surface area contributed by atoms with E-state index >= 15 is 0 Å². The molecule has 118 valence electrons. The number of nitrogens with one attached hydrogen (secondary N) is 1. The van der Waals surface area contributed by atoms with E-state index in [0.29, 0.717) is 35.9 Å². The standard InChI is InChI=1S/C16H28N4O/c1-10(2)7-8-18-15-13(17)16(21-9-11(3)4)20-14(19-15)12-5-6-12/h10-12H,5-9,17H2,1-4H3,(H,18,19,20). The fraction of sp³-hybridized carbons (Fsp3) is 0.750. The summed E-state index contributed by atoms with van der Waals surface area (Å²) in [5.41, 5.74) is 6.69. The van der Waals surface area contributed by atoms with Gasteiger partial charge >= 0.3 is 0 Å². The molecule has 1 aromatic rings. The molecule has 5 heteroatoms. The van der Waals surface area contributed by atoms with Crippen molar-refractivity contribution in [2.24, 2.45) is 11.8 Å². The fourth-order valence-corrected chi connectivity index (χ4v) is 1.96. The van der Waals surface area contributed by atoms with Gasteiger partial charge in [-0.1, -0.05) is 27.7 Å². The molecule has 2 rings (SSSR count). The summed E-state index contributed by atoms with van der Waals surface area (Å²) in [7, 11) is 0. The molecule has 0 spiro atoms. The second-order valence-electron chi connectivity index (χ2n) is 6.74. The number of hydrogen-bond donors (Lipinski definition) is 2. The molecule has 0 radical (unpaired) electrons. The number of rotatable bonds is 8. The summed E-state index contributed by atoms with van der Waals surface area (Å²) < 4.78 is 5.77. The summed E-state index contributed by atoms with van der Waals surface area (Å²) in [6.45, 7) is 10.1. The highest BCUT2D eigenvalue weighted by atomic mass is 16.5. The van der Waals surface area contributed by atoms with Crippen LogP contribution in [-0.4, -0.2) is 23.1 Å². The highest BCUT2D eigenvalue weighted by Crippen LogP contribution is 2.40. The lowest BCUT2D eigenvalue weighted by Gasteiger charge is -2.15. The van der Waals surface area contributed by atoms with Crippen molar-refractivity contribution in [2.75, 3.05) is 24.2 Å². The third-order valence-electron chi connectivity index (χ3n) is 3.44. The first-order chi connectivity index (χ1) is 9.97. The summed E-state index contributed by atoms with van der Waals surface area (Å²) in [6, 6.07) is 0. The second kappa shape index (κ2) is 6.96. The summed E-state index contributed by atoms with van der Waals surface area (Å²) in [6.07, 6.45) is 3.42. The molecule has 0 unspecified atom stereocenters. The van der Waals surface area contributed by atoms with Crippen LogP contribution in [0, 0.1) is 11.8 Å². The normalized spacial score (nSPS) is 14.8. The van der Waals surface area contributed by atoms with Gasteiger partial charge in [0, 0.05) is 12.5 Å². The Hall–Kier alpha value is -1.52. The summed E-state index contributed by atoms with van der Waals surface area (Å²) in [5, 5.41) is 3.34. The molecule has 5 nitrogen and oxygen atoms in total. The Labute approximate surface area is 127 Å². The molecule has 1 fully saturated rings. The van der Waals surface area contributed by atoms with Crippen molar-refractivity contribution in [3.8, 4) is 5.88 Å². The Morgan fingerprint density at radius 3 is 2.48 bits per heavy atom. The molecule has 0 aliphatic heterocycles. The minimum absolute atomic E-state index is 0.445. The second-order valence-corrected chi connectivity index (χ2v) is 6.74. The van der Waals surface area contributed by atoms with Crippen molar-refractivity contribution in [1.82, 2.24) is 9.97 Å². The van der Waals surface area contributed by atoms with Gasteiger partial charge in [0.2, 0.25) is 5.88 Å². The van der Waals surface area contributed by atoms with Gasteiger partial charge in [0.05, 0.1) is 6.61 Å².